The summed E-state index contributed by atoms with van der Waals surface area (Å²) >= 11 is 0. The summed E-state index contributed by atoms with van der Waals surface area (Å²) < 4.78 is 5.26. The number of nitrogens with zero attached hydrogens (tertiary/aromatic N) is 2. The Morgan fingerprint density at radius 3 is 2.47 bits per heavy atom. The van der Waals surface area contributed by atoms with E-state index in [1.807, 2.05) is 13.8 Å². The van der Waals surface area contributed by atoms with Crippen molar-refractivity contribution in [3.63, 3.8) is 0 Å². The van der Waals surface area contributed by atoms with Gasteiger partial charge in [-0.3, -0.25) is 0 Å². The first kappa shape index (κ1) is 13.5. The molecule has 0 unspecified atom stereocenters. The summed E-state index contributed by atoms with van der Waals surface area (Å²) in [5, 5.41) is 15.4. The van der Waals surface area contributed by atoms with E-state index in [1.54, 1.807) is 14.2 Å². The third-order valence-corrected chi connectivity index (χ3v) is 2.57. The molecule has 1 rings (SSSR count). The van der Waals surface area contributed by atoms with Crippen LogP contribution >= 0.6 is 0 Å². The number of ether oxygens (including phenoxy) is 1. The topological polar surface area (TPSA) is 79.3 Å². The van der Waals surface area contributed by atoms with Gasteiger partial charge in [-0.25, -0.2) is 9.97 Å². The summed E-state index contributed by atoms with van der Waals surface area (Å²) in [6, 6.07) is -0.0662. The molecule has 0 radical (unpaired) electrons. The maximum absolute atomic E-state index is 9.29. The third-order valence-electron chi connectivity index (χ3n) is 2.57. The maximum Gasteiger partial charge on any atom is 0.204 e. The van der Waals surface area contributed by atoms with E-state index in [2.05, 4.69) is 20.6 Å². The molecule has 0 bridgehead atoms. The number of rotatable bonds is 6. The Morgan fingerprint density at radius 2 is 2.00 bits per heavy atom. The van der Waals surface area contributed by atoms with Crippen LogP contribution < -0.4 is 15.4 Å². The summed E-state index contributed by atoms with van der Waals surface area (Å²) in [5.41, 5.74) is 0. The molecule has 3 N–H and O–H groups in total. The monoisotopic (exact) mass is 240 g/mol. The predicted octanol–water partition coefficient (Wildman–Crippen LogP) is 0.956. The first-order valence-electron chi connectivity index (χ1n) is 5.58. The molecule has 1 heterocycles. The first-order chi connectivity index (χ1) is 8.13. The zero-order valence-electron chi connectivity index (χ0n) is 10.7. The van der Waals surface area contributed by atoms with Gasteiger partial charge < -0.3 is 20.5 Å². The predicted molar refractivity (Wildman–Crippen MR) is 67.5 cm³/mol. The average Bonchev–Trinajstić information content (AvgIpc) is 2.34. The van der Waals surface area contributed by atoms with Crippen LogP contribution in [0, 0.1) is 5.92 Å². The summed E-state index contributed by atoms with van der Waals surface area (Å²) in [6.45, 7) is 4.10. The Hall–Kier alpha value is -1.56. The van der Waals surface area contributed by atoms with Gasteiger partial charge in [-0.1, -0.05) is 13.8 Å². The van der Waals surface area contributed by atoms with Crippen LogP contribution in [0.4, 0.5) is 11.6 Å². The van der Waals surface area contributed by atoms with Gasteiger partial charge in [-0.05, 0) is 5.92 Å². The molecule has 6 nitrogen and oxygen atoms in total. The zero-order chi connectivity index (χ0) is 12.8. The lowest BCUT2D eigenvalue weighted by Gasteiger charge is -2.22. The fourth-order valence-electron chi connectivity index (χ4n) is 1.45. The van der Waals surface area contributed by atoms with E-state index in [0.29, 0.717) is 17.4 Å². The SMILES string of the molecule is CNc1ncnc(N[C@H](CO)C(C)C)c1OC. The van der Waals surface area contributed by atoms with Crippen molar-refractivity contribution in [3.8, 4) is 5.75 Å². The number of anilines is 2. The molecule has 1 aromatic heterocycles. The van der Waals surface area contributed by atoms with Gasteiger partial charge in [-0.2, -0.15) is 0 Å². The van der Waals surface area contributed by atoms with E-state index >= 15 is 0 Å². The van der Waals surface area contributed by atoms with Gasteiger partial charge in [0.1, 0.15) is 6.33 Å². The third kappa shape index (κ3) is 3.20. The molecule has 96 valence electrons. The van der Waals surface area contributed by atoms with E-state index in [-0.39, 0.29) is 18.6 Å². The van der Waals surface area contributed by atoms with E-state index in [1.165, 1.54) is 6.33 Å². The molecule has 0 saturated carbocycles. The molecule has 0 amide bonds. The fourth-order valence-corrected chi connectivity index (χ4v) is 1.45. The van der Waals surface area contributed by atoms with Gasteiger partial charge in [0.25, 0.3) is 0 Å². The minimum absolute atomic E-state index is 0.0414. The first-order valence-corrected chi connectivity index (χ1v) is 5.58. The lowest BCUT2D eigenvalue weighted by atomic mass is 10.1. The van der Waals surface area contributed by atoms with Gasteiger partial charge in [0, 0.05) is 7.05 Å². The Kier molecular flexibility index (Phi) is 4.96. The van der Waals surface area contributed by atoms with Crippen LogP contribution in [0.3, 0.4) is 0 Å². The minimum Gasteiger partial charge on any atom is -0.490 e. The van der Waals surface area contributed by atoms with Crippen molar-refractivity contribution in [1.82, 2.24) is 9.97 Å². The summed E-state index contributed by atoms with van der Waals surface area (Å²) in [5.74, 6) is 2.04. The molecule has 0 saturated heterocycles. The van der Waals surface area contributed by atoms with Gasteiger partial charge in [0.2, 0.25) is 5.75 Å². The largest absolute Gasteiger partial charge is 0.490 e. The highest BCUT2D eigenvalue weighted by Gasteiger charge is 2.17. The molecule has 0 aromatic carbocycles. The Bertz CT molecular complexity index is 357. The van der Waals surface area contributed by atoms with Gasteiger partial charge >= 0.3 is 0 Å². The molecule has 0 spiro atoms. The Labute approximate surface area is 101 Å². The molecular formula is C11H20N4O2. The highest BCUT2D eigenvalue weighted by atomic mass is 16.5. The maximum atomic E-state index is 9.29. The van der Waals surface area contributed by atoms with Crippen LogP contribution in [0.2, 0.25) is 0 Å². The van der Waals surface area contributed by atoms with Crippen LogP contribution in [0.25, 0.3) is 0 Å². The summed E-state index contributed by atoms with van der Waals surface area (Å²) in [7, 11) is 3.33. The lowest BCUT2D eigenvalue weighted by molar-refractivity contribution is 0.248. The van der Waals surface area contributed by atoms with Crippen molar-refractivity contribution in [1.29, 1.82) is 0 Å². The van der Waals surface area contributed by atoms with E-state index in [4.69, 9.17) is 4.74 Å². The number of methoxy groups -OCH3 is 1. The number of aliphatic hydroxyl groups excluding tert-OH is 1. The van der Waals surface area contributed by atoms with Crippen molar-refractivity contribution in [2.24, 2.45) is 5.92 Å². The van der Waals surface area contributed by atoms with Gasteiger partial charge in [0.15, 0.2) is 11.6 Å². The minimum atomic E-state index is -0.0662. The lowest BCUT2D eigenvalue weighted by Crippen LogP contribution is -2.30. The average molecular weight is 240 g/mol. The number of hydrogen-bond acceptors (Lipinski definition) is 6. The molecule has 1 atom stereocenters. The van der Waals surface area contributed by atoms with Crippen molar-refractivity contribution in [2.75, 3.05) is 31.4 Å². The number of hydrogen-bond donors (Lipinski definition) is 3. The number of aliphatic hydroxyl groups is 1. The smallest absolute Gasteiger partial charge is 0.204 e. The summed E-state index contributed by atoms with van der Waals surface area (Å²) in [4.78, 5) is 8.19. The second-order valence-electron chi connectivity index (χ2n) is 4.03. The van der Waals surface area contributed by atoms with E-state index < -0.39 is 0 Å². The Morgan fingerprint density at radius 1 is 1.35 bits per heavy atom. The zero-order valence-corrected chi connectivity index (χ0v) is 10.7. The molecule has 0 fully saturated rings. The van der Waals surface area contributed by atoms with E-state index in [0.717, 1.165) is 0 Å². The van der Waals surface area contributed by atoms with Crippen LogP contribution in [0.5, 0.6) is 5.75 Å². The molecule has 17 heavy (non-hydrogen) atoms. The number of nitrogens with one attached hydrogen (secondary N) is 2. The summed E-state index contributed by atoms with van der Waals surface area (Å²) in [6.07, 6.45) is 1.45. The van der Waals surface area contributed by atoms with Gasteiger partial charge in [0.05, 0.1) is 19.8 Å². The van der Waals surface area contributed by atoms with Crippen LogP contribution in [-0.2, 0) is 0 Å². The molecule has 1 aromatic rings. The molecule has 0 aliphatic carbocycles. The highest BCUT2D eigenvalue weighted by Crippen LogP contribution is 2.29. The fraction of sp³-hybridized carbons (Fsp3) is 0.636. The molecule has 0 aliphatic rings. The quantitative estimate of drug-likeness (QED) is 0.687. The standard InChI is InChI=1S/C11H20N4O2/c1-7(2)8(5-16)15-11-9(17-4)10(12-3)13-6-14-11/h6-8,16H,5H2,1-4H3,(H2,12,13,14,15)/t8-/m1/s1. The highest BCUT2D eigenvalue weighted by molar-refractivity contribution is 5.63. The van der Waals surface area contributed by atoms with Crippen molar-refractivity contribution >= 4 is 11.6 Å². The van der Waals surface area contributed by atoms with E-state index in [9.17, 15) is 5.11 Å². The van der Waals surface area contributed by atoms with Crippen LogP contribution in [-0.4, -0.2) is 41.9 Å². The van der Waals surface area contributed by atoms with Crippen molar-refractivity contribution in [3.05, 3.63) is 6.33 Å². The van der Waals surface area contributed by atoms with Crippen molar-refractivity contribution < 1.29 is 9.84 Å². The second-order valence-corrected chi connectivity index (χ2v) is 4.03. The van der Waals surface area contributed by atoms with Crippen LogP contribution in [0.15, 0.2) is 6.33 Å². The second kappa shape index (κ2) is 6.24. The molecule has 6 heteroatoms. The molecule has 0 aliphatic heterocycles. The number of aromatic nitrogens is 2. The Balaban J connectivity index is 2.97. The molecular weight excluding hydrogens is 220 g/mol. The van der Waals surface area contributed by atoms with Crippen LogP contribution in [0.1, 0.15) is 13.8 Å². The van der Waals surface area contributed by atoms with Gasteiger partial charge in [-0.15, -0.1) is 0 Å². The normalized spacial score (nSPS) is 12.4. The van der Waals surface area contributed by atoms with Crippen molar-refractivity contribution in [2.45, 2.75) is 19.9 Å².